The first kappa shape index (κ1) is 28.3. The fourth-order valence-electron chi connectivity index (χ4n) is 4.06. The summed E-state index contributed by atoms with van der Waals surface area (Å²) in [6, 6.07) is 5.80. The van der Waals surface area contributed by atoms with Crippen LogP contribution in [0.5, 0.6) is 5.75 Å². The fraction of sp³-hybridized carbons (Fsp3) is 0.308. The molecule has 1 fully saturated rings. The third kappa shape index (κ3) is 7.91. The molecule has 1 aromatic carbocycles. The van der Waals surface area contributed by atoms with E-state index in [2.05, 4.69) is 49.2 Å². The minimum absolute atomic E-state index is 0.370. The van der Waals surface area contributed by atoms with Gasteiger partial charge in [0.05, 0.1) is 29.8 Å². The van der Waals surface area contributed by atoms with Crippen molar-refractivity contribution in [3.05, 3.63) is 81.6 Å². The van der Waals surface area contributed by atoms with Crippen LogP contribution in [0.1, 0.15) is 24.2 Å². The number of dihydropyridines is 1. The van der Waals surface area contributed by atoms with Crippen molar-refractivity contribution in [2.45, 2.75) is 13.0 Å². The van der Waals surface area contributed by atoms with E-state index in [4.69, 9.17) is 43.4 Å². The van der Waals surface area contributed by atoms with Crippen LogP contribution < -0.4 is 15.6 Å². The molecule has 2 unspecified atom stereocenters. The number of halogens is 3. The summed E-state index contributed by atoms with van der Waals surface area (Å²) in [4.78, 5) is 11.1. The first-order valence-electron chi connectivity index (χ1n) is 11.8. The van der Waals surface area contributed by atoms with Gasteiger partial charge in [-0.1, -0.05) is 35.4 Å². The van der Waals surface area contributed by atoms with Crippen LogP contribution >= 0.6 is 51.6 Å². The number of nitrogens with zero attached hydrogens (tertiary/aromatic N) is 3. The maximum absolute atomic E-state index is 6.55. The number of nitrogens with one attached hydrogen (secondary N) is 1. The Kier molecular flexibility index (Phi) is 10.7. The lowest BCUT2D eigenvalue weighted by atomic mass is 10.1. The predicted octanol–water partition coefficient (Wildman–Crippen LogP) is 6.45. The number of aromatic nitrogens is 1. The van der Waals surface area contributed by atoms with Crippen molar-refractivity contribution >= 4 is 68.7 Å². The number of morpholine rings is 1. The second-order valence-electron chi connectivity index (χ2n) is 8.60. The van der Waals surface area contributed by atoms with E-state index in [0.29, 0.717) is 40.0 Å². The predicted molar refractivity (Wildman–Crippen MR) is 165 cm³/mol. The second-order valence-corrected chi connectivity index (χ2v) is 11.5. The summed E-state index contributed by atoms with van der Waals surface area (Å²) >= 11 is 14.9. The first-order chi connectivity index (χ1) is 17.9. The van der Waals surface area contributed by atoms with Gasteiger partial charge in [0, 0.05) is 66.6 Å². The molecular weight excluding hydrogens is 643 g/mol. The van der Waals surface area contributed by atoms with Gasteiger partial charge in [0.2, 0.25) is 0 Å². The van der Waals surface area contributed by atoms with Crippen LogP contribution in [-0.4, -0.2) is 55.0 Å². The van der Waals surface area contributed by atoms with E-state index in [9.17, 15) is 0 Å². The zero-order chi connectivity index (χ0) is 26.2. The summed E-state index contributed by atoms with van der Waals surface area (Å²) in [6.07, 6.45) is 11.4. The smallest absolute Gasteiger partial charge is 0.124 e. The Balaban J connectivity index is 1.47. The van der Waals surface area contributed by atoms with Crippen LogP contribution in [-0.2, 0) is 4.74 Å². The molecule has 0 bridgehead atoms. The van der Waals surface area contributed by atoms with E-state index < -0.39 is 0 Å². The Morgan fingerprint density at radius 2 is 2.03 bits per heavy atom. The summed E-state index contributed by atoms with van der Waals surface area (Å²) < 4.78 is 11.6. The highest BCUT2D eigenvalue weighted by molar-refractivity contribution is 14.2. The van der Waals surface area contributed by atoms with Gasteiger partial charge in [0.15, 0.2) is 0 Å². The number of pyridine rings is 1. The molecule has 2 aliphatic rings. The lowest BCUT2D eigenvalue weighted by molar-refractivity contribution is 0.0453. The maximum Gasteiger partial charge on any atom is 0.124 e. The molecule has 196 valence electrons. The number of aliphatic imine (C=N–C) groups is 1. The van der Waals surface area contributed by atoms with Crippen LogP contribution in [0.3, 0.4) is 0 Å². The number of anilines is 1. The molecule has 37 heavy (non-hydrogen) atoms. The van der Waals surface area contributed by atoms with E-state index in [0.717, 1.165) is 55.4 Å². The number of rotatable bonds is 9. The zero-order valence-electron chi connectivity index (χ0n) is 20.4. The SMILES string of the molecule is CC(Oc1ccc(NPI)c(C(N)=CC=C2C=CC(CN3CCOCC3)=NC2)c1)c1c(Cl)cncc1Cl. The van der Waals surface area contributed by atoms with E-state index in [1.807, 2.05) is 37.3 Å². The summed E-state index contributed by atoms with van der Waals surface area (Å²) in [6.45, 7) is 6.88. The average molecular weight is 672 g/mol. The van der Waals surface area contributed by atoms with Crippen molar-refractivity contribution in [2.75, 3.05) is 44.5 Å². The normalized spacial score (nSPS) is 18.9. The van der Waals surface area contributed by atoms with Crippen LogP contribution in [0, 0.1) is 0 Å². The van der Waals surface area contributed by atoms with Crippen molar-refractivity contribution in [1.29, 1.82) is 0 Å². The van der Waals surface area contributed by atoms with Crippen molar-refractivity contribution in [3.63, 3.8) is 0 Å². The Hall–Kier alpha value is -1.68. The summed E-state index contributed by atoms with van der Waals surface area (Å²) in [5.41, 5.74) is 11.9. The molecule has 11 heteroatoms. The Morgan fingerprint density at radius 1 is 1.27 bits per heavy atom. The van der Waals surface area contributed by atoms with Gasteiger partial charge >= 0.3 is 0 Å². The van der Waals surface area contributed by atoms with Gasteiger partial charge in [-0.2, -0.15) is 0 Å². The topological polar surface area (TPSA) is 85.0 Å². The number of hydrogen-bond donors (Lipinski definition) is 2. The Labute approximate surface area is 242 Å². The number of ether oxygens (including phenoxy) is 2. The number of allylic oxidation sites excluding steroid dienone is 2. The highest BCUT2D eigenvalue weighted by Gasteiger charge is 2.17. The number of benzene rings is 1. The van der Waals surface area contributed by atoms with Gasteiger partial charge in [-0.3, -0.25) is 14.9 Å². The molecule has 2 atom stereocenters. The van der Waals surface area contributed by atoms with Crippen LogP contribution in [0.2, 0.25) is 10.0 Å². The number of hydrogen-bond acceptors (Lipinski definition) is 7. The van der Waals surface area contributed by atoms with Crippen molar-refractivity contribution in [1.82, 2.24) is 9.88 Å². The van der Waals surface area contributed by atoms with E-state index >= 15 is 0 Å². The monoisotopic (exact) mass is 671 g/mol. The minimum Gasteiger partial charge on any atom is -0.486 e. The minimum atomic E-state index is -0.370. The standard InChI is InChI=1S/C26H29Cl2IN5O2P/c1-17(26-22(27)14-31-15-23(26)28)36-20-5-7-25(33-37-29)21(12-20)24(30)6-3-18-2-4-19(32-13-18)16-34-8-10-35-11-9-34/h2-7,12,14-15,17,33,37H,8-11,13,16,30H2,1H3. The lowest BCUT2D eigenvalue weighted by Crippen LogP contribution is -2.39. The van der Waals surface area contributed by atoms with Gasteiger partial charge in [0.25, 0.3) is 0 Å². The molecule has 0 radical (unpaired) electrons. The lowest BCUT2D eigenvalue weighted by Gasteiger charge is -2.26. The van der Waals surface area contributed by atoms with Crippen LogP contribution in [0.4, 0.5) is 5.69 Å². The first-order valence-corrected chi connectivity index (χ1v) is 16.7. The quantitative estimate of drug-likeness (QED) is 0.235. The van der Waals surface area contributed by atoms with Crippen molar-refractivity contribution in [2.24, 2.45) is 10.7 Å². The van der Waals surface area contributed by atoms with Gasteiger partial charge in [0.1, 0.15) is 11.9 Å². The molecule has 1 aromatic heterocycles. The van der Waals surface area contributed by atoms with Gasteiger partial charge < -0.3 is 20.3 Å². The fourth-order valence-corrected chi connectivity index (χ4v) is 5.92. The molecule has 0 amide bonds. The molecule has 0 saturated carbocycles. The molecule has 7 nitrogen and oxygen atoms in total. The van der Waals surface area contributed by atoms with E-state index in [1.165, 1.54) is 0 Å². The Morgan fingerprint density at radius 3 is 2.70 bits per heavy atom. The van der Waals surface area contributed by atoms with Gasteiger partial charge in [-0.25, -0.2) is 0 Å². The molecule has 1 saturated heterocycles. The molecule has 0 spiro atoms. The van der Waals surface area contributed by atoms with Crippen LogP contribution in [0.25, 0.3) is 5.70 Å². The molecule has 0 aliphatic carbocycles. The highest BCUT2D eigenvalue weighted by Crippen LogP contribution is 2.36. The average Bonchev–Trinajstić information content (AvgIpc) is 2.89. The third-order valence-corrected chi connectivity index (χ3v) is 7.79. The third-order valence-electron chi connectivity index (χ3n) is 6.01. The molecule has 2 aromatic rings. The second kappa shape index (κ2) is 13.9. The maximum atomic E-state index is 6.55. The van der Waals surface area contributed by atoms with Crippen LogP contribution in [0.15, 0.2) is 65.5 Å². The zero-order valence-corrected chi connectivity index (χ0v) is 25.1. The van der Waals surface area contributed by atoms with Gasteiger partial charge in [-0.05, 0) is 64.9 Å². The molecule has 2 aliphatic heterocycles. The van der Waals surface area contributed by atoms with Gasteiger partial charge in [-0.15, -0.1) is 0 Å². The summed E-state index contributed by atoms with van der Waals surface area (Å²) in [5.74, 6) is 0.660. The highest BCUT2D eigenvalue weighted by atomic mass is 127. The largest absolute Gasteiger partial charge is 0.486 e. The molecule has 3 heterocycles. The summed E-state index contributed by atoms with van der Waals surface area (Å²) in [5, 5.41) is 4.32. The van der Waals surface area contributed by atoms with E-state index in [1.54, 1.807) is 12.4 Å². The van der Waals surface area contributed by atoms with Crippen molar-refractivity contribution < 1.29 is 9.47 Å². The summed E-state index contributed by atoms with van der Waals surface area (Å²) in [7, 11) is 0. The van der Waals surface area contributed by atoms with Crippen molar-refractivity contribution in [3.8, 4) is 5.75 Å². The molecular formula is C26H29Cl2IN5O2P. The molecule has 3 N–H and O–H groups in total. The number of nitrogens with two attached hydrogens (primary N) is 1. The van der Waals surface area contributed by atoms with E-state index in [-0.39, 0.29) is 6.10 Å². The Bertz CT molecular complexity index is 1210. The molecule has 4 rings (SSSR count).